The maximum absolute atomic E-state index is 12.2. The number of benzene rings is 1. The number of hydrogen-bond acceptors (Lipinski definition) is 3. The lowest BCUT2D eigenvalue weighted by molar-refractivity contribution is -0.187. The fourth-order valence-electron chi connectivity index (χ4n) is 3.08. The van der Waals surface area contributed by atoms with Gasteiger partial charge in [0.05, 0.1) is 0 Å². The SMILES string of the molecule is C[C@@]12CCC(=O)N1[C@@H](Cc1ccccc1)C(=O)N2O. The van der Waals surface area contributed by atoms with Crippen molar-refractivity contribution in [2.45, 2.75) is 37.9 Å². The topological polar surface area (TPSA) is 60.9 Å². The van der Waals surface area contributed by atoms with Gasteiger partial charge in [-0.3, -0.25) is 14.8 Å². The molecule has 2 aliphatic rings. The minimum atomic E-state index is -0.867. The summed E-state index contributed by atoms with van der Waals surface area (Å²) in [5.41, 5.74) is 0.117. The predicted octanol–water partition coefficient (Wildman–Crippen LogP) is 1.17. The van der Waals surface area contributed by atoms with Crippen LogP contribution >= 0.6 is 0 Å². The molecule has 0 aromatic heterocycles. The van der Waals surface area contributed by atoms with Gasteiger partial charge in [-0.25, -0.2) is 0 Å². The van der Waals surface area contributed by atoms with E-state index < -0.39 is 11.7 Å². The van der Waals surface area contributed by atoms with Crippen molar-refractivity contribution in [1.82, 2.24) is 9.96 Å². The Kier molecular flexibility index (Phi) is 2.60. The molecular formula is C14H16N2O3. The van der Waals surface area contributed by atoms with Crippen molar-refractivity contribution in [2.24, 2.45) is 0 Å². The summed E-state index contributed by atoms with van der Waals surface area (Å²) in [7, 11) is 0. The Labute approximate surface area is 111 Å². The molecule has 1 aromatic carbocycles. The number of carbonyl (C=O) groups excluding carboxylic acids is 2. The third-order valence-electron chi connectivity index (χ3n) is 4.13. The zero-order chi connectivity index (χ0) is 13.6. The second-order valence-electron chi connectivity index (χ2n) is 5.34. The minimum absolute atomic E-state index is 0.0617. The number of nitrogens with zero attached hydrogens (tertiary/aromatic N) is 2. The van der Waals surface area contributed by atoms with Gasteiger partial charge in [0.25, 0.3) is 5.91 Å². The van der Waals surface area contributed by atoms with Crippen LogP contribution in [0, 0.1) is 0 Å². The summed E-state index contributed by atoms with van der Waals surface area (Å²) >= 11 is 0. The van der Waals surface area contributed by atoms with Crippen LogP contribution in [0.3, 0.4) is 0 Å². The van der Waals surface area contributed by atoms with Crippen LogP contribution in [0.2, 0.25) is 0 Å². The van der Waals surface area contributed by atoms with E-state index in [-0.39, 0.29) is 11.8 Å². The standard InChI is InChI=1S/C14H16N2O3/c1-14-8-7-12(17)15(14)11(13(18)16(14)19)9-10-5-3-2-4-6-10/h2-6,11,19H,7-9H2,1H3/t11-,14+/m0/s1. The molecule has 2 atom stereocenters. The van der Waals surface area contributed by atoms with Crippen LogP contribution < -0.4 is 0 Å². The monoisotopic (exact) mass is 260 g/mol. The lowest BCUT2D eigenvalue weighted by atomic mass is 10.1. The molecule has 0 bridgehead atoms. The molecule has 0 unspecified atom stereocenters. The van der Waals surface area contributed by atoms with Crippen molar-refractivity contribution < 1.29 is 14.8 Å². The molecule has 5 nitrogen and oxygen atoms in total. The fourth-order valence-corrected chi connectivity index (χ4v) is 3.08. The molecule has 0 saturated carbocycles. The Bertz CT molecular complexity index is 531. The largest absolute Gasteiger partial charge is 0.305 e. The number of amides is 2. The fraction of sp³-hybridized carbons (Fsp3) is 0.429. The normalized spacial score (nSPS) is 30.1. The number of rotatable bonds is 2. The molecule has 0 radical (unpaired) electrons. The number of hydroxylamine groups is 2. The van der Waals surface area contributed by atoms with E-state index in [1.807, 2.05) is 30.3 Å². The average molecular weight is 260 g/mol. The molecule has 100 valence electrons. The zero-order valence-corrected chi connectivity index (χ0v) is 10.7. The van der Waals surface area contributed by atoms with Crippen molar-refractivity contribution in [3.8, 4) is 0 Å². The Hall–Kier alpha value is -1.88. The second-order valence-corrected chi connectivity index (χ2v) is 5.34. The van der Waals surface area contributed by atoms with Crippen LogP contribution in [0.25, 0.3) is 0 Å². The Morgan fingerprint density at radius 3 is 2.68 bits per heavy atom. The molecule has 2 saturated heterocycles. The average Bonchev–Trinajstić information content (AvgIpc) is 2.81. The molecule has 2 amide bonds. The Balaban J connectivity index is 1.93. The van der Waals surface area contributed by atoms with Crippen LogP contribution in [-0.2, 0) is 16.0 Å². The summed E-state index contributed by atoms with van der Waals surface area (Å²) in [6, 6.07) is 8.96. The minimum Gasteiger partial charge on any atom is -0.305 e. The number of fused-ring (bicyclic) bond motifs is 1. The van der Waals surface area contributed by atoms with Crippen molar-refractivity contribution in [2.75, 3.05) is 0 Å². The lowest BCUT2D eigenvalue weighted by Gasteiger charge is -2.32. The molecule has 0 spiro atoms. The van der Waals surface area contributed by atoms with Crippen LogP contribution in [-0.4, -0.2) is 38.7 Å². The second kappa shape index (κ2) is 4.06. The summed E-state index contributed by atoms with van der Waals surface area (Å²) in [6.07, 6.45) is 1.31. The van der Waals surface area contributed by atoms with Gasteiger partial charge in [-0.05, 0) is 12.5 Å². The van der Waals surface area contributed by atoms with Crippen molar-refractivity contribution in [3.63, 3.8) is 0 Å². The summed E-state index contributed by atoms with van der Waals surface area (Å²) in [4.78, 5) is 25.7. The van der Waals surface area contributed by atoms with Crippen LogP contribution in [0.5, 0.6) is 0 Å². The molecule has 2 fully saturated rings. The highest BCUT2D eigenvalue weighted by Gasteiger charge is 2.59. The maximum Gasteiger partial charge on any atom is 0.271 e. The van der Waals surface area contributed by atoms with E-state index in [1.165, 1.54) is 0 Å². The molecule has 2 heterocycles. The highest BCUT2D eigenvalue weighted by molar-refractivity contribution is 5.93. The smallest absolute Gasteiger partial charge is 0.271 e. The molecule has 2 aliphatic heterocycles. The van der Waals surface area contributed by atoms with Crippen LogP contribution in [0.15, 0.2) is 30.3 Å². The van der Waals surface area contributed by atoms with Gasteiger partial charge < -0.3 is 4.90 Å². The lowest BCUT2D eigenvalue weighted by Crippen LogP contribution is -2.48. The number of hydrogen-bond donors (Lipinski definition) is 1. The van der Waals surface area contributed by atoms with Gasteiger partial charge in [-0.15, -0.1) is 0 Å². The Morgan fingerprint density at radius 2 is 2.00 bits per heavy atom. The van der Waals surface area contributed by atoms with Crippen LogP contribution in [0.4, 0.5) is 0 Å². The summed E-state index contributed by atoms with van der Waals surface area (Å²) < 4.78 is 0. The molecular weight excluding hydrogens is 244 g/mol. The van der Waals surface area contributed by atoms with E-state index in [1.54, 1.807) is 11.8 Å². The van der Waals surface area contributed by atoms with Gasteiger partial charge in [-0.1, -0.05) is 30.3 Å². The van der Waals surface area contributed by atoms with E-state index in [4.69, 9.17) is 0 Å². The summed E-state index contributed by atoms with van der Waals surface area (Å²) in [6.45, 7) is 1.74. The molecule has 1 aromatic rings. The third kappa shape index (κ3) is 1.65. The van der Waals surface area contributed by atoms with Crippen molar-refractivity contribution >= 4 is 11.8 Å². The van der Waals surface area contributed by atoms with E-state index in [2.05, 4.69) is 0 Å². The number of carbonyl (C=O) groups is 2. The van der Waals surface area contributed by atoms with Gasteiger partial charge in [0.15, 0.2) is 0 Å². The quantitative estimate of drug-likeness (QED) is 0.812. The first-order valence-corrected chi connectivity index (χ1v) is 6.43. The zero-order valence-electron chi connectivity index (χ0n) is 10.7. The van der Waals surface area contributed by atoms with Gasteiger partial charge in [-0.2, -0.15) is 5.06 Å². The summed E-state index contributed by atoms with van der Waals surface area (Å²) in [5.74, 6) is -0.451. The van der Waals surface area contributed by atoms with Gasteiger partial charge in [0, 0.05) is 19.3 Å². The third-order valence-corrected chi connectivity index (χ3v) is 4.13. The van der Waals surface area contributed by atoms with Crippen molar-refractivity contribution in [1.29, 1.82) is 0 Å². The van der Waals surface area contributed by atoms with E-state index in [0.717, 1.165) is 10.6 Å². The van der Waals surface area contributed by atoms with Gasteiger partial charge in [0.1, 0.15) is 11.7 Å². The van der Waals surface area contributed by atoms with E-state index >= 15 is 0 Å². The highest BCUT2D eigenvalue weighted by atomic mass is 16.5. The molecule has 1 N–H and O–H groups in total. The molecule has 3 rings (SSSR count). The van der Waals surface area contributed by atoms with Gasteiger partial charge in [0.2, 0.25) is 5.91 Å². The first-order chi connectivity index (χ1) is 9.04. The molecule has 0 aliphatic carbocycles. The first-order valence-electron chi connectivity index (χ1n) is 6.43. The molecule has 5 heteroatoms. The van der Waals surface area contributed by atoms with E-state index in [9.17, 15) is 14.8 Å². The first kappa shape index (κ1) is 12.2. The maximum atomic E-state index is 12.2. The Morgan fingerprint density at radius 1 is 1.32 bits per heavy atom. The van der Waals surface area contributed by atoms with Gasteiger partial charge >= 0.3 is 0 Å². The summed E-state index contributed by atoms with van der Waals surface area (Å²) in [5, 5.41) is 10.7. The highest BCUT2D eigenvalue weighted by Crippen LogP contribution is 2.40. The van der Waals surface area contributed by atoms with Crippen LogP contribution in [0.1, 0.15) is 25.3 Å². The van der Waals surface area contributed by atoms with Crippen molar-refractivity contribution in [3.05, 3.63) is 35.9 Å². The molecule has 19 heavy (non-hydrogen) atoms. The van der Waals surface area contributed by atoms with E-state index in [0.29, 0.717) is 19.3 Å². The predicted molar refractivity (Wildman–Crippen MR) is 67.1 cm³/mol.